The topological polar surface area (TPSA) is 45.2 Å². The van der Waals surface area contributed by atoms with Crippen LogP contribution in [0, 0.1) is 0 Å². The van der Waals surface area contributed by atoms with Crippen LogP contribution in [-0.2, 0) is 12.0 Å². The molecule has 120 valence electrons. The van der Waals surface area contributed by atoms with E-state index >= 15 is 0 Å². The van der Waals surface area contributed by atoms with Crippen molar-refractivity contribution in [3.05, 3.63) is 52.0 Å². The molecule has 1 unspecified atom stereocenters. The van der Waals surface area contributed by atoms with Gasteiger partial charge in [0.1, 0.15) is 0 Å². The monoisotopic (exact) mass is 318 g/mol. The Morgan fingerprint density at radius 3 is 2.55 bits per heavy atom. The highest BCUT2D eigenvalue weighted by atomic mass is 32.1. The molecule has 0 spiro atoms. The standard InChI is InChI=1S/C18H26N2OS/c1-18(2,3)17-20-16(13-22-17)12-19-11-15(9-10-21)14-7-5-4-6-8-14/h4-8,13,15,19,21H,9-12H2,1-3H3. The van der Waals surface area contributed by atoms with Gasteiger partial charge in [-0.05, 0) is 17.9 Å². The molecule has 2 rings (SSSR count). The lowest BCUT2D eigenvalue weighted by Crippen LogP contribution is -2.22. The number of thiazole rings is 1. The van der Waals surface area contributed by atoms with Gasteiger partial charge in [0, 0.05) is 30.5 Å². The second-order valence-corrected chi connectivity index (χ2v) is 7.50. The van der Waals surface area contributed by atoms with Gasteiger partial charge in [0.25, 0.3) is 0 Å². The molecule has 0 saturated heterocycles. The fourth-order valence-corrected chi connectivity index (χ4v) is 3.28. The molecule has 0 bridgehead atoms. The smallest absolute Gasteiger partial charge is 0.0982 e. The first kappa shape index (κ1) is 17.1. The van der Waals surface area contributed by atoms with Gasteiger partial charge in [-0.3, -0.25) is 0 Å². The quantitative estimate of drug-likeness (QED) is 0.818. The first-order valence-corrected chi connectivity index (χ1v) is 8.70. The van der Waals surface area contributed by atoms with Crippen molar-refractivity contribution in [3.63, 3.8) is 0 Å². The molecule has 2 aromatic rings. The molecule has 0 aliphatic rings. The van der Waals surface area contributed by atoms with E-state index in [4.69, 9.17) is 4.98 Å². The maximum atomic E-state index is 9.27. The van der Waals surface area contributed by atoms with Crippen LogP contribution in [0.25, 0.3) is 0 Å². The summed E-state index contributed by atoms with van der Waals surface area (Å²) >= 11 is 1.73. The van der Waals surface area contributed by atoms with Crippen molar-refractivity contribution in [1.82, 2.24) is 10.3 Å². The summed E-state index contributed by atoms with van der Waals surface area (Å²) in [5.41, 5.74) is 2.50. The molecule has 1 atom stereocenters. The number of hydrogen-bond donors (Lipinski definition) is 2. The molecule has 0 radical (unpaired) electrons. The van der Waals surface area contributed by atoms with Crippen LogP contribution in [0.15, 0.2) is 35.7 Å². The third-order valence-corrected chi connectivity index (χ3v) is 4.96. The molecule has 1 heterocycles. The predicted molar refractivity (Wildman–Crippen MR) is 93.4 cm³/mol. The van der Waals surface area contributed by atoms with E-state index in [9.17, 15) is 5.11 Å². The summed E-state index contributed by atoms with van der Waals surface area (Å²) in [4.78, 5) is 4.70. The van der Waals surface area contributed by atoms with E-state index < -0.39 is 0 Å². The van der Waals surface area contributed by atoms with Gasteiger partial charge in [0.15, 0.2) is 0 Å². The molecular formula is C18H26N2OS. The van der Waals surface area contributed by atoms with E-state index in [1.807, 2.05) is 6.07 Å². The highest BCUT2D eigenvalue weighted by molar-refractivity contribution is 7.09. The van der Waals surface area contributed by atoms with Crippen molar-refractivity contribution in [1.29, 1.82) is 0 Å². The van der Waals surface area contributed by atoms with Crippen LogP contribution in [0.1, 0.15) is 49.4 Å². The summed E-state index contributed by atoms with van der Waals surface area (Å²) in [6.07, 6.45) is 0.779. The molecule has 22 heavy (non-hydrogen) atoms. The fourth-order valence-electron chi connectivity index (χ4n) is 2.37. The predicted octanol–water partition coefficient (Wildman–Crippen LogP) is 3.70. The first-order chi connectivity index (χ1) is 10.5. The van der Waals surface area contributed by atoms with Crippen molar-refractivity contribution in [2.45, 2.75) is 45.1 Å². The minimum absolute atomic E-state index is 0.117. The van der Waals surface area contributed by atoms with E-state index in [0.29, 0.717) is 5.92 Å². The summed E-state index contributed by atoms with van der Waals surface area (Å²) in [6, 6.07) is 10.4. The molecule has 0 aliphatic heterocycles. The number of hydrogen-bond acceptors (Lipinski definition) is 4. The van der Waals surface area contributed by atoms with Crippen LogP contribution in [0.2, 0.25) is 0 Å². The van der Waals surface area contributed by atoms with Crippen LogP contribution >= 0.6 is 11.3 Å². The van der Waals surface area contributed by atoms with Gasteiger partial charge in [-0.15, -0.1) is 11.3 Å². The Kier molecular flexibility index (Phi) is 6.12. The van der Waals surface area contributed by atoms with E-state index in [1.165, 1.54) is 10.6 Å². The van der Waals surface area contributed by atoms with Gasteiger partial charge < -0.3 is 10.4 Å². The lowest BCUT2D eigenvalue weighted by Gasteiger charge is -2.17. The molecule has 4 heteroatoms. The average Bonchev–Trinajstić information content (AvgIpc) is 2.96. The summed E-state index contributed by atoms with van der Waals surface area (Å²) in [6.45, 7) is 8.42. The molecule has 0 fully saturated rings. The van der Waals surface area contributed by atoms with Crippen molar-refractivity contribution >= 4 is 11.3 Å². The summed E-state index contributed by atoms with van der Waals surface area (Å²) in [5.74, 6) is 0.340. The second kappa shape index (κ2) is 7.86. The lowest BCUT2D eigenvalue weighted by molar-refractivity contribution is 0.273. The van der Waals surface area contributed by atoms with Crippen LogP contribution in [0.3, 0.4) is 0 Å². The van der Waals surface area contributed by atoms with Crippen LogP contribution < -0.4 is 5.32 Å². The fraction of sp³-hybridized carbons (Fsp3) is 0.500. The highest BCUT2D eigenvalue weighted by Gasteiger charge is 2.18. The van der Waals surface area contributed by atoms with Crippen molar-refractivity contribution < 1.29 is 5.11 Å². The molecule has 0 saturated carbocycles. The van der Waals surface area contributed by atoms with Gasteiger partial charge in [-0.25, -0.2) is 4.98 Å². The van der Waals surface area contributed by atoms with Gasteiger partial charge in [-0.1, -0.05) is 51.1 Å². The number of aliphatic hydroxyl groups excluding tert-OH is 1. The average molecular weight is 318 g/mol. The number of aliphatic hydroxyl groups is 1. The van der Waals surface area contributed by atoms with Gasteiger partial charge in [0.05, 0.1) is 10.7 Å². The molecule has 0 aliphatic carbocycles. The molecule has 1 aromatic carbocycles. The highest BCUT2D eigenvalue weighted by Crippen LogP contribution is 2.25. The number of benzene rings is 1. The van der Waals surface area contributed by atoms with Crippen LogP contribution in [0.4, 0.5) is 0 Å². The van der Waals surface area contributed by atoms with E-state index in [1.54, 1.807) is 11.3 Å². The number of aromatic nitrogens is 1. The summed E-state index contributed by atoms with van der Waals surface area (Å²) in [5, 5.41) is 16.1. The third kappa shape index (κ3) is 4.90. The van der Waals surface area contributed by atoms with Gasteiger partial charge in [-0.2, -0.15) is 0 Å². The number of rotatable bonds is 7. The first-order valence-electron chi connectivity index (χ1n) is 7.82. The zero-order valence-corrected chi connectivity index (χ0v) is 14.5. The molecule has 1 aromatic heterocycles. The Morgan fingerprint density at radius 2 is 1.95 bits per heavy atom. The minimum atomic E-state index is 0.117. The number of nitrogens with zero attached hydrogens (tertiary/aromatic N) is 1. The Bertz CT molecular complexity index is 560. The number of nitrogens with one attached hydrogen (secondary N) is 1. The minimum Gasteiger partial charge on any atom is -0.396 e. The van der Waals surface area contributed by atoms with E-state index in [2.05, 4.69) is 55.7 Å². The third-order valence-electron chi connectivity index (χ3n) is 3.64. The van der Waals surface area contributed by atoms with Crippen LogP contribution in [0.5, 0.6) is 0 Å². The largest absolute Gasteiger partial charge is 0.396 e. The maximum absolute atomic E-state index is 9.27. The Hall–Kier alpha value is -1.23. The summed E-state index contributed by atoms with van der Waals surface area (Å²) in [7, 11) is 0. The molecule has 3 nitrogen and oxygen atoms in total. The summed E-state index contributed by atoms with van der Waals surface area (Å²) < 4.78 is 0. The van der Waals surface area contributed by atoms with Crippen molar-refractivity contribution in [2.24, 2.45) is 0 Å². The molecular weight excluding hydrogens is 292 g/mol. The SMILES string of the molecule is CC(C)(C)c1nc(CNCC(CCO)c2ccccc2)cs1. The Morgan fingerprint density at radius 1 is 1.23 bits per heavy atom. The Labute approximate surface area is 137 Å². The normalized spacial score (nSPS) is 13.3. The lowest BCUT2D eigenvalue weighted by atomic mass is 9.96. The second-order valence-electron chi connectivity index (χ2n) is 6.64. The zero-order chi connectivity index (χ0) is 16.0. The van der Waals surface area contributed by atoms with E-state index in [-0.39, 0.29) is 12.0 Å². The van der Waals surface area contributed by atoms with E-state index in [0.717, 1.165) is 25.2 Å². The van der Waals surface area contributed by atoms with Gasteiger partial charge >= 0.3 is 0 Å². The zero-order valence-electron chi connectivity index (χ0n) is 13.7. The molecule has 2 N–H and O–H groups in total. The van der Waals surface area contributed by atoms with Crippen molar-refractivity contribution in [3.8, 4) is 0 Å². The van der Waals surface area contributed by atoms with Crippen LogP contribution in [-0.4, -0.2) is 23.2 Å². The maximum Gasteiger partial charge on any atom is 0.0982 e. The Balaban J connectivity index is 1.89. The van der Waals surface area contributed by atoms with Gasteiger partial charge in [0.2, 0.25) is 0 Å². The van der Waals surface area contributed by atoms with Crippen molar-refractivity contribution in [2.75, 3.05) is 13.2 Å². The molecule has 0 amide bonds.